The number of guanidine groups is 1. The van der Waals surface area contributed by atoms with Gasteiger partial charge in [0.05, 0.1) is 0 Å². The van der Waals surface area contributed by atoms with Crippen LogP contribution in [0.2, 0.25) is 0 Å². The summed E-state index contributed by atoms with van der Waals surface area (Å²) < 4.78 is 6.75. The number of nitrogens with zero attached hydrogens (tertiary/aromatic N) is 1. The van der Waals surface area contributed by atoms with Crippen LogP contribution in [0.5, 0.6) is 0 Å². The molecule has 4 nitrogen and oxygen atoms in total. The first-order valence-electron chi connectivity index (χ1n) is 9.54. The lowest BCUT2D eigenvalue weighted by Crippen LogP contribution is -2.48. The molecule has 2 N–H and O–H groups in total. The van der Waals surface area contributed by atoms with Crippen LogP contribution in [0.15, 0.2) is 64.1 Å². The molecular formula is C22H28BrN3O. The Labute approximate surface area is 170 Å². The predicted octanol–water partition coefficient (Wildman–Crippen LogP) is 3.91. The van der Waals surface area contributed by atoms with Crippen LogP contribution in [0, 0.1) is 0 Å². The Kier molecular flexibility index (Phi) is 7.30. The Balaban J connectivity index is 1.59. The minimum absolute atomic E-state index is 0.0794. The van der Waals surface area contributed by atoms with E-state index in [9.17, 15) is 0 Å². The average molecular weight is 430 g/mol. The fourth-order valence-electron chi connectivity index (χ4n) is 3.58. The fraction of sp³-hybridized carbons (Fsp3) is 0.409. The van der Waals surface area contributed by atoms with Gasteiger partial charge in [0.1, 0.15) is 0 Å². The van der Waals surface area contributed by atoms with E-state index in [1.165, 1.54) is 11.1 Å². The molecule has 2 aromatic carbocycles. The highest BCUT2D eigenvalue weighted by Crippen LogP contribution is 2.34. The zero-order valence-corrected chi connectivity index (χ0v) is 17.5. The Morgan fingerprint density at radius 1 is 1.04 bits per heavy atom. The van der Waals surface area contributed by atoms with Crippen molar-refractivity contribution in [3.05, 3.63) is 70.2 Å². The van der Waals surface area contributed by atoms with Crippen LogP contribution in [0.25, 0.3) is 0 Å². The van der Waals surface area contributed by atoms with Crippen molar-refractivity contribution in [1.82, 2.24) is 10.6 Å². The summed E-state index contributed by atoms with van der Waals surface area (Å²) in [7, 11) is 1.83. The molecule has 0 bridgehead atoms. The molecule has 0 spiro atoms. The van der Waals surface area contributed by atoms with Gasteiger partial charge in [0.15, 0.2) is 5.96 Å². The second-order valence-electron chi connectivity index (χ2n) is 6.99. The minimum atomic E-state index is 0.0794. The molecule has 1 heterocycles. The Bertz CT molecular complexity index is 725. The number of ether oxygens (including phenoxy) is 1. The lowest BCUT2D eigenvalue weighted by molar-refractivity contribution is 0.0514. The summed E-state index contributed by atoms with van der Waals surface area (Å²) in [4.78, 5) is 4.40. The van der Waals surface area contributed by atoms with Crippen molar-refractivity contribution in [2.45, 2.75) is 24.7 Å². The van der Waals surface area contributed by atoms with Crippen molar-refractivity contribution in [2.24, 2.45) is 4.99 Å². The Morgan fingerprint density at radius 3 is 2.41 bits per heavy atom. The number of rotatable bonds is 6. The number of aliphatic imine (C=N–C) groups is 1. The zero-order valence-electron chi connectivity index (χ0n) is 15.9. The number of benzene rings is 2. The standard InChI is InChI=1S/C22H28BrN3O/c1-24-21(25-14-11-18-5-3-2-4-6-18)26-17-22(12-15-27-16-13-22)19-7-9-20(23)10-8-19/h2-10H,11-17H2,1H3,(H2,24,25,26). The molecule has 0 radical (unpaired) electrons. The van der Waals surface area contributed by atoms with Crippen molar-refractivity contribution in [1.29, 1.82) is 0 Å². The number of hydrogen-bond donors (Lipinski definition) is 2. The molecule has 1 saturated heterocycles. The van der Waals surface area contributed by atoms with Crippen LogP contribution < -0.4 is 10.6 Å². The van der Waals surface area contributed by atoms with Gasteiger partial charge < -0.3 is 15.4 Å². The summed E-state index contributed by atoms with van der Waals surface area (Å²) in [5, 5.41) is 6.99. The van der Waals surface area contributed by atoms with Crippen LogP contribution in [0.1, 0.15) is 24.0 Å². The molecule has 1 aliphatic rings. The van der Waals surface area contributed by atoms with E-state index in [2.05, 4.69) is 80.1 Å². The summed E-state index contributed by atoms with van der Waals surface area (Å²) in [6.45, 7) is 3.32. The summed E-state index contributed by atoms with van der Waals surface area (Å²) in [6.07, 6.45) is 3.01. The SMILES string of the molecule is CN=C(NCCc1ccccc1)NCC1(c2ccc(Br)cc2)CCOCC1. The minimum Gasteiger partial charge on any atom is -0.381 e. The molecule has 0 atom stereocenters. The highest BCUT2D eigenvalue weighted by molar-refractivity contribution is 9.10. The quantitative estimate of drug-likeness (QED) is 0.540. The molecule has 1 aliphatic heterocycles. The number of nitrogens with one attached hydrogen (secondary N) is 2. The third kappa shape index (κ3) is 5.56. The van der Waals surface area contributed by atoms with Gasteiger partial charge in [-0.1, -0.05) is 58.4 Å². The smallest absolute Gasteiger partial charge is 0.191 e. The molecule has 5 heteroatoms. The largest absolute Gasteiger partial charge is 0.381 e. The lowest BCUT2D eigenvalue weighted by Gasteiger charge is -2.38. The van der Waals surface area contributed by atoms with Gasteiger partial charge in [-0.25, -0.2) is 0 Å². The third-order valence-electron chi connectivity index (χ3n) is 5.27. The second-order valence-corrected chi connectivity index (χ2v) is 7.90. The molecular weight excluding hydrogens is 402 g/mol. The molecule has 144 valence electrons. The van der Waals surface area contributed by atoms with E-state index in [1.54, 1.807) is 0 Å². The molecule has 0 amide bonds. The van der Waals surface area contributed by atoms with Crippen molar-refractivity contribution >= 4 is 21.9 Å². The third-order valence-corrected chi connectivity index (χ3v) is 5.80. The van der Waals surface area contributed by atoms with Gasteiger partial charge in [-0.2, -0.15) is 0 Å². The first-order valence-corrected chi connectivity index (χ1v) is 10.3. The van der Waals surface area contributed by atoms with Crippen molar-refractivity contribution < 1.29 is 4.74 Å². The van der Waals surface area contributed by atoms with Gasteiger partial charge in [-0.3, -0.25) is 4.99 Å². The maximum Gasteiger partial charge on any atom is 0.191 e. The first kappa shape index (κ1) is 19.9. The molecule has 0 unspecified atom stereocenters. The van der Waals surface area contributed by atoms with Gasteiger partial charge >= 0.3 is 0 Å². The molecule has 27 heavy (non-hydrogen) atoms. The summed E-state index contributed by atoms with van der Waals surface area (Å²) in [5.74, 6) is 0.855. The summed E-state index contributed by atoms with van der Waals surface area (Å²) >= 11 is 3.54. The van der Waals surface area contributed by atoms with Crippen LogP contribution in [0.4, 0.5) is 0 Å². The van der Waals surface area contributed by atoms with Gasteiger partial charge in [0, 0.05) is 43.2 Å². The van der Waals surface area contributed by atoms with Crippen molar-refractivity contribution in [3.8, 4) is 0 Å². The maximum atomic E-state index is 5.63. The number of hydrogen-bond acceptors (Lipinski definition) is 2. The number of halogens is 1. The monoisotopic (exact) mass is 429 g/mol. The highest BCUT2D eigenvalue weighted by atomic mass is 79.9. The van der Waals surface area contributed by atoms with Crippen LogP contribution >= 0.6 is 15.9 Å². The van der Waals surface area contributed by atoms with Crippen LogP contribution in [0.3, 0.4) is 0 Å². The van der Waals surface area contributed by atoms with E-state index in [0.717, 1.165) is 56.0 Å². The van der Waals surface area contributed by atoms with Crippen LogP contribution in [-0.2, 0) is 16.6 Å². The molecule has 1 fully saturated rings. The Morgan fingerprint density at radius 2 is 1.74 bits per heavy atom. The predicted molar refractivity (Wildman–Crippen MR) is 115 cm³/mol. The van der Waals surface area contributed by atoms with Gasteiger partial charge in [0.2, 0.25) is 0 Å². The second kappa shape index (κ2) is 9.90. The van der Waals surface area contributed by atoms with Gasteiger partial charge in [-0.15, -0.1) is 0 Å². The van der Waals surface area contributed by atoms with Crippen molar-refractivity contribution in [3.63, 3.8) is 0 Å². The average Bonchev–Trinajstić information content (AvgIpc) is 2.72. The zero-order chi connectivity index (χ0) is 19.0. The maximum absolute atomic E-state index is 5.63. The van der Waals surface area contributed by atoms with Gasteiger partial charge in [0.25, 0.3) is 0 Å². The molecule has 3 rings (SSSR count). The molecule has 0 aromatic heterocycles. The molecule has 0 aliphatic carbocycles. The van der Waals surface area contributed by atoms with E-state index in [-0.39, 0.29) is 5.41 Å². The molecule has 2 aromatic rings. The van der Waals surface area contributed by atoms with E-state index in [0.29, 0.717) is 0 Å². The van der Waals surface area contributed by atoms with E-state index >= 15 is 0 Å². The first-order chi connectivity index (χ1) is 13.2. The van der Waals surface area contributed by atoms with E-state index in [1.807, 2.05) is 13.1 Å². The normalized spacial score (nSPS) is 16.7. The highest BCUT2D eigenvalue weighted by Gasteiger charge is 2.34. The lowest BCUT2D eigenvalue weighted by atomic mass is 9.74. The topological polar surface area (TPSA) is 45.7 Å². The summed E-state index contributed by atoms with van der Waals surface area (Å²) in [6, 6.07) is 19.2. The van der Waals surface area contributed by atoms with Crippen molar-refractivity contribution in [2.75, 3.05) is 33.4 Å². The van der Waals surface area contributed by atoms with E-state index in [4.69, 9.17) is 4.74 Å². The Hall–Kier alpha value is -1.85. The molecule has 0 saturated carbocycles. The van der Waals surface area contributed by atoms with Crippen LogP contribution in [-0.4, -0.2) is 39.3 Å². The van der Waals surface area contributed by atoms with Gasteiger partial charge in [-0.05, 0) is 42.5 Å². The summed E-state index contributed by atoms with van der Waals surface area (Å²) in [5.41, 5.74) is 2.77. The fourth-order valence-corrected chi connectivity index (χ4v) is 3.84. The van der Waals surface area contributed by atoms with E-state index < -0.39 is 0 Å².